The number of anilines is 1. The predicted octanol–water partition coefficient (Wildman–Crippen LogP) is 2.84. The van der Waals surface area contributed by atoms with Gasteiger partial charge in [0.2, 0.25) is 21.8 Å². The summed E-state index contributed by atoms with van der Waals surface area (Å²) in [6.07, 6.45) is 2.64. The van der Waals surface area contributed by atoms with Crippen LogP contribution in [0.4, 0.5) is 5.69 Å². The van der Waals surface area contributed by atoms with Crippen LogP contribution in [0.2, 0.25) is 0 Å². The third kappa shape index (κ3) is 5.52. The number of carbonyl (C=O) groups is 2. The molecule has 0 radical (unpaired) electrons. The van der Waals surface area contributed by atoms with Gasteiger partial charge in [0.1, 0.15) is 10.6 Å². The van der Waals surface area contributed by atoms with Gasteiger partial charge in [0.25, 0.3) is 0 Å². The number of nitrogens with one attached hydrogen (secondary N) is 1. The topological polar surface area (TPSA) is 92.8 Å². The summed E-state index contributed by atoms with van der Waals surface area (Å²) in [6.45, 7) is 6.59. The number of imide groups is 1. The summed E-state index contributed by atoms with van der Waals surface area (Å²) in [5, 5.41) is 0. The first-order valence-electron chi connectivity index (χ1n) is 9.09. The maximum atomic E-state index is 12.8. The summed E-state index contributed by atoms with van der Waals surface area (Å²) in [5.74, 6) is -0.477. The van der Waals surface area contributed by atoms with E-state index in [1.165, 1.54) is 25.3 Å². The Morgan fingerprint density at radius 3 is 2.33 bits per heavy atom. The summed E-state index contributed by atoms with van der Waals surface area (Å²) in [6, 6.07) is 4.32. The Bertz CT molecular complexity index is 796. The number of nitrogens with zero attached hydrogens (tertiary/aromatic N) is 1. The van der Waals surface area contributed by atoms with E-state index >= 15 is 0 Å². The van der Waals surface area contributed by atoms with Crippen LogP contribution in [0.15, 0.2) is 23.1 Å². The SMILES string of the molecule is COc1ccc(N2C(=O)CCCC2=O)cc1S(=O)(=O)NCCCC(C)(C)C. The van der Waals surface area contributed by atoms with Gasteiger partial charge in [-0.15, -0.1) is 0 Å². The van der Waals surface area contributed by atoms with Crippen LogP contribution >= 0.6 is 0 Å². The molecule has 0 aromatic heterocycles. The molecule has 0 atom stereocenters. The molecule has 0 spiro atoms. The van der Waals surface area contributed by atoms with Gasteiger partial charge in [-0.25, -0.2) is 13.1 Å². The van der Waals surface area contributed by atoms with Crippen molar-refractivity contribution in [3.05, 3.63) is 18.2 Å². The Hall–Kier alpha value is -1.93. The third-order valence-corrected chi connectivity index (χ3v) is 5.85. The second kappa shape index (κ2) is 8.39. The Balaban J connectivity index is 2.26. The zero-order valence-electron chi connectivity index (χ0n) is 16.4. The summed E-state index contributed by atoms with van der Waals surface area (Å²) < 4.78 is 33.3. The lowest BCUT2D eigenvalue weighted by molar-refractivity contribution is -0.129. The van der Waals surface area contributed by atoms with Gasteiger partial charge in [-0.1, -0.05) is 20.8 Å². The largest absolute Gasteiger partial charge is 0.495 e. The van der Waals surface area contributed by atoms with Crippen LogP contribution in [-0.2, 0) is 19.6 Å². The maximum Gasteiger partial charge on any atom is 0.244 e. The second-order valence-corrected chi connectivity index (χ2v) is 9.61. The lowest BCUT2D eigenvalue weighted by Crippen LogP contribution is -2.40. The van der Waals surface area contributed by atoms with E-state index in [4.69, 9.17) is 4.74 Å². The zero-order valence-corrected chi connectivity index (χ0v) is 17.2. The molecule has 2 rings (SSSR count). The highest BCUT2D eigenvalue weighted by Crippen LogP contribution is 2.31. The first-order valence-corrected chi connectivity index (χ1v) is 10.6. The fourth-order valence-electron chi connectivity index (χ4n) is 2.96. The number of sulfonamides is 1. The number of methoxy groups -OCH3 is 1. The van der Waals surface area contributed by atoms with Crippen molar-refractivity contribution in [3.63, 3.8) is 0 Å². The zero-order chi connectivity index (χ0) is 20.2. The number of carbonyl (C=O) groups excluding carboxylic acids is 2. The number of benzene rings is 1. The van der Waals surface area contributed by atoms with Crippen LogP contribution in [0, 0.1) is 5.41 Å². The van der Waals surface area contributed by atoms with Crippen LogP contribution in [0.5, 0.6) is 5.75 Å². The number of piperidine rings is 1. The van der Waals surface area contributed by atoms with Crippen LogP contribution < -0.4 is 14.4 Å². The van der Waals surface area contributed by atoms with Crippen molar-refractivity contribution in [2.75, 3.05) is 18.6 Å². The van der Waals surface area contributed by atoms with E-state index < -0.39 is 10.0 Å². The lowest BCUT2D eigenvalue weighted by atomic mass is 9.91. The van der Waals surface area contributed by atoms with E-state index in [1.807, 2.05) is 0 Å². The fraction of sp³-hybridized carbons (Fsp3) is 0.579. The highest BCUT2D eigenvalue weighted by atomic mass is 32.2. The van der Waals surface area contributed by atoms with E-state index in [0.717, 1.165) is 11.3 Å². The normalized spacial score (nSPS) is 15.9. The minimum atomic E-state index is -3.84. The van der Waals surface area contributed by atoms with Crippen molar-refractivity contribution in [1.82, 2.24) is 4.72 Å². The monoisotopic (exact) mass is 396 g/mol. The van der Waals surface area contributed by atoms with Crippen LogP contribution in [0.3, 0.4) is 0 Å². The Morgan fingerprint density at radius 1 is 1.15 bits per heavy atom. The van der Waals surface area contributed by atoms with Gasteiger partial charge in [0, 0.05) is 19.4 Å². The first kappa shape index (κ1) is 21.4. The molecule has 1 saturated heterocycles. The highest BCUT2D eigenvalue weighted by Gasteiger charge is 2.29. The molecule has 0 bridgehead atoms. The molecule has 1 aromatic rings. The van der Waals surface area contributed by atoms with E-state index in [0.29, 0.717) is 19.4 Å². The molecule has 0 unspecified atom stereocenters. The lowest BCUT2D eigenvalue weighted by Gasteiger charge is -2.25. The molecule has 0 aliphatic carbocycles. The van der Waals surface area contributed by atoms with Crippen molar-refractivity contribution in [1.29, 1.82) is 0 Å². The van der Waals surface area contributed by atoms with Gasteiger partial charge in [0.05, 0.1) is 12.8 Å². The van der Waals surface area contributed by atoms with Gasteiger partial charge < -0.3 is 4.74 Å². The predicted molar refractivity (Wildman–Crippen MR) is 103 cm³/mol. The molecule has 1 N–H and O–H groups in total. The standard InChI is InChI=1S/C19H28N2O5S/c1-19(2,3)11-6-12-20-27(24,25)16-13-14(9-10-15(16)26-4)21-17(22)7-5-8-18(21)23/h9-10,13,20H,5-8,11-12H2,1-4H3. The van der Waals surface area contributed by atoms with E-state index in [9.17, 15) is 18.0 Å². The molecule has 0 saturated carbocycles. The maximum absolute atomic E-state index is 12.8. The molecular weight excluding hydrogens is 368 g/mol. The van der Waals surface area contributed by atoms with E-state index in [-0.39, 0.29) is 46.4 Å². The highest BCUT2D eigenvalue weighted by molar-refractivity contribution is 7.89. The number of ether oxygens (including phenoxy) is 1. The van der Waals surface area contributed by atoms with Gasteiger partial charge in [-0.05, 0) is 42.9 Å². The molecule has 7 nitrogen and oxygen atoms in total. The van der Waals surface area contributed by atoms with Crippen LogP contribution in [0.1, 0.15) is 52.9 Å². The molecule has 2 amide bonds. The quantitative estimate of drug-likeness (QED) is 0.565. The molecule has 8 heteroatoms. The molecule has 1 aliphatic rings. The van der Waals surface area contributed by atoms with Crippen molar-refractivity contribution in [2.45, 2.75) is 57.8 Å². The average Bonchev–Trinajstić information content (AvgIpc) is 2.58. The van der Waals surface area contributed by atoms with Crippen molar-refractivity contribution in [2.24, 2.45) is 5.41 Å². The molecule has 1 heterocycles. The summed E-state index contributed by atoms with van der Waals surface area (Å²) in [7, 11) is -2.46. The summed E-state index contributed by atoms with van der Waals surface area (Å²) >= 11 is 0. The van der Waals surface area contributed by atoms with Gasteiger partial charge >= 0.3 is 0 Å². The van der Waals surface area contributed by atoms with Crippen LogP contribution in [0.25, 0.3) is 0 Å². The summed E-state index contributed by atoms with van der Waals surface area (Å²) in [5.41, 5.74) is 0.374. The fourth-order valence-corrected chi connectivity index (χ4v) is 4.22. The minimum Gasteiger partial charge on any atom is -0.495 e. The van der Waals surface area contributed by atoms with Gasteiger partial charge in [-0.3, -0.25) is 14.5 Å². The van der Waals surface area contributed by atoms with E-state index in [2.05, 4.69) is 25.5 Å². The third-order valence-electron chi connectivity index (χ3n) is 4.37. The number of hydrogen-bond donors (Lipinski definition) is 1. The molecule has 27 heavy (non-hydrogen) atoms. The molecular formula is C19H28N2O5S. The number of amides is 2. The first-order chi connectivity index (χ1) is 12.5. The number of hydrogen-bond acceptors (Lipinski definition) is 5. The summed E-state index contributed by atoms with van der Waals surface area (Å²) in [4.78, 5) is 25.2. The van der Waals surface area contributed by atoms with E-state index in [1.54, 1.807) is 0 Å². The minimum absolute atomic E-state index is 0.0792. The van der Waals surface area contributed by atoms with Gasteiger partial charge in [0.15, 0.2) is 0 Å². The molecule has 1 aliphatic heterocycles. The van der Waals surface area contributed by atoms with Crippen molar-refractivity contribution < 1.29 is 22.7 Å². The molecule has 1 fully saturated rings. The Labute approximate surface area is 161 Å². The van der Waals surface area contributed by atoms with Crippen LogP contribution in [-0.4, -0.2) is 33.9 Å². The second-order valence-electron chi connectivity index (χ2n) is 7.87. The average molecular weight is 397 g/mol. The Kier molecular flexibility index (Phi) is 6.64. The van der Waals surface area contributed by atoms with Gasteiger partial charge in [-0.2, -0.15) is 0 Å². The smallest absolute Gasteiger partial charge is 0.244 e. The number of rotatable bonds is 7. The Morgan fingerprint density at radius 2 is 1.78 bits per heavy atom. The molecule has 1 aromatic carbocycles. The van der Waals surface area contributed by atoms with Crippen molar-refractivity contribution in [3.8, 4) is 5.75 Å². The van der Waals surface area contributed by atoms with Crippen molar-refractivity contribution >= 4 is 27.5 Å². The molecule has 150 valence electrons.